The molecule has 0 aliphatic carbocycles. The standard InChI is InChI=1S/C6H9N2OP/c1-5(3-7)10(9)6(2)4-8/h5-6,10H,1-2H3. The van der Waals surface area contributed by atoms with Crippen LogP contribution in [0.2, 0.25) is 0 Å². The summed E-state index contributed by atoms with van der Waals surface area (Å²) in [5.74, 6) is 0. The molecule has 0 radical (unpaired) electrons. The molecule has 2 atom stereocenters. The molecular formula is C6H9N2OP. The number of hydrogen-bond acceptors (Lipinski definition) is 3. The molecule has 0 aliphatic rings. The van der Waals surface area contributed by atoms with Gasteiger partial charge in [0.15, 0.2) is 0 Å². The number of nitrogens with zero attached hydrogens (tertiary/aromatic N) is 2. The van der Waals surface area contributed by atoms with Crippen molar-refractivity contribution in [3.8, 4) is 12.1 Å². The first-order chi connectivity index (χ1) is 4.63. The maximum atomic E-state index is 11.0. The van der Waals surface area contributed by atoms with Gasteiger partial charge in [-0.2, -0.15) is 10.5 Å². The Morgan fingerprint density at radius 2 is 1.50 bits per heavy atom. The summed E-state index contributed by atoms with van der Waals surface area (Å²) in [6.45, 7) is 3.16. The SMILES string of the molecule is CC(C#N)[PH](=O)C(C)C#N. The van der Waals surface area contributed by atoms with E-state index in [1.54, 1.807) is 13.8 Å². The summed E-state index contributed by atoms with van der Waals surface area (Å²) in [7, 11) is -2.02. The van der Waals surface area contributed by atoms with Crippen LogP contribution in [0.4, 0.5) is 0 Å². The Bertz CT molecular complexity index is 191. The zero-order chi connectivity index (χ0) is 8.15. The van der Waals surface area contributed by atoms with Gasteiger partial charge in [-0.3, -0.25) is 0 Å². The lowest BCUT2D eigenvalue weighted by molar-refractivity contribution is 0.582. The molecule has 3 nitrogen and oxygen atoms in total. The summed E-state index contributed by atoms with van der Waals surface area (Å²) < 4.78 is 11.0. The molecule has 0 N–H and O–H groups in total. The fraction of sp³-hybridized carbons (Fsp3) is 0.667. The van der Waals surface area contributed by atoms with E-state index in [1.165, 1.54) is 0 Å². The largest absolute Gasteiger partial charge is 0.324 e. The summed E-state index contributed by atoms with van der Waals surface area (Å²) >= 11 is 0. The minimum Gasteiger partial charge on any atom is -0.324 e. The number of hydrogen-bond donors (Lipinski definition) is 0. The molecule has 0 heterocycles. The van der Waals surface area contributed by atoms with E-state index in [1.807, 2.05) is 12.1 Å². The molecule has 0 amide bonds. The molecule has 0 bridgehead atoms. The van der Waals surface area contributed by atoms with E-state index in [-0.39, 0.29) is 0 Å². The summed E-state index contributed by atoms with van der Waals surface area (Å²) in [5, 5.41) is 16.6. The monoisotopic (exact) mass is 156 g/mol. The average Bonchev–Trinajstić information content (AvgIpc) is 2.00. The molecule has 4 heteroatoms. The molecule has 54 valence electrons. The lowest BCUT2D eigenvalue weighted by atomic mass is 10.5. The minimum absolute atomic E-state index is 0.473. The summed E-state index contributed by atoms with van der Waals surface area (Å²) in [6.07, 6.45) is 0. The zero-order valence-electron chi connectivity index (χ0n) is 5.96. The molecule has 0 saturated carbocycles. The lowest BCUT2D eigenvalue weighted by Crippen LogP contribution is -1.99. The van der Waals surface area contributed by atoms with Gasteiger partial charge in [-0.1, -0.05) is 0 Å². The van der Waals surface area contributed by atoms with E-state index in [0.717, 1.165) is 0 Å². The molecule has 10 heavy (non-hydrogen) atoms. The van der Waals surface area contributed by atoms with E-state index in [0.29, 0.717) is 0 Å². The van der Waals surface area contributed by atoms with Crippen LogP contribution in [0.5, 0.6) is 0 Å². The first kappa shape index (κ1) is 9.21. The van der Waals surface area contributed by atoms with Crippen molar-refractivity contribution in [2.75, 3.05) is 0 Å². The van der Waals surface area contributed by atoms with Gasteiger partial charge >= 0.3 is 0 Å². The second-order valence-corrected chi connectivity index (χ2v) is 4.64. The van der Waals surface area contributed by atoms with Crippen LogP contribution in [0, 0.1) is 22.7 Å². The molecule has 0 aromatic heterocycles. The van der Waals surface area contributed by atoms with Crippen molar-refractivity contribution in [2.45, 2.75) is 25.2 Å². The van der Waals surface area contributed by atoms with Gasteiger partial charge in [-0.05, 0) is 13.8 Å². The van der Waals surface area contributed by atoms with Crippen LogP contribution in [0.1, 0.15) is 13.8 Å². The van der Waals surface area contributed by atoms with Crippen LogP contribution in [-0.2, 0) is 4.57 Å². The molecule has 0 spiro atoms. The van der Waals surface area contributed by atoms with Crippen molar-refractivity contribution < 1.29 is 4.57 Å². The Labute approximate surface area is 61.1 Å². The van der Waals surface area contributed by atoms with E-state index < -0.39 is 19.1 Å². The first-order valence-electron chi connectivity index (χ1n) is 2.96. The van der Waals surface area contributed by atoms with Gasteiger partial charge in [0.05, 0.1) is 23.5 Å². The van der Waals surface area contributed by atoms with Gasteiger partial charge in [0.2, 0.25) is 0 Å². The van der Waals surface area contributed by atoms with Gasteiger partial charge in [-0.15, -0.1) is 0 Å². The first-order valence-corrected chi connectivity index (χ1v) is 4.52. The highest BCUT2D eigenvalue weighted by Gasteiger charge is 2.16. The Kier molecular flexibility index (Phi) is 3.77. The Morgan fingerprint density at radius 1 is 1.20 bits per heavy atom. The predicted molar refractivity (Wildman–Crippen MR) is 39.2 cm³/mol. The maximum Gasteiger partial charge on any atom is 0.108 e. The highest BCUT2D eigenvalue weighted by molar-refractivity contribution is 7.47. The fourth-order valence-corrected chi connectivity index (χ4v) is 1.51. The lowest BCUT2D eigenvalue weighted by Gasteiger charge is -2.02. The topological polar surface area (TPSA) is 64.7 Å². The van der Waals surface area contributed by atoms with E-state index in [2.05, 4.69) is 0 Å². The summed E-state index contributed by atoms with van der Waals surface area (Å²) in [6, 6.07) is 3.72. The van der Waals surface area contributed by atoms with Crippen LogP contribution in [0.25, 0.3) is 0 Å². The molecule has 0 aromatic rings. The molecule has 0 aromatic carbocycles. The highest BCUT2D eigenvalue weighted by Crippen LogP contribution is 2.32. The van der Waals surface area contributed by atoms with Crippen molar-refractivity contribution in [3.05, 3.63) is 0 Å². The van der Waals surface area contributed by atoms with Gasteiger partial charge < -0.3 is 4.57 Å². The highest BCUT2D eigenvalue weighted by atomic mass is 31.1. The van der Waals surface area contributed by atoms with Crippen LogP contribution in [0.15, 0.2) is 0 Å². The molecule has 0 aliphatic heterocycles. The molecular weight excluding hydrogens is 147 g/mol. The maximum absolute atomic E-state index is 11.0. The van der Waals surface area contributed by atoms with Crippen LogP contribution < -0.4 is 0 Å². The normalized spacial score (nSPS) is 18.0. The van der Waals surface area contributed by atoms with Crippen LogP contribution in [0.3, 0.4) is 0 Å². The third-order valence-electron chi connectivity index (χ3n) is 1.24. The average molecular weight is 156 g/mol. The third-order valence-corrected chi connectivity index (χ3v) is 3.21. The van der Waals surface area contributed by atoms with Gasteiger partial charge in [0, 0.05) is 0 Å². The van der Waals surface area contributed by atoms with Gasteiger partial charge in [-0.25, -0.2) is 0 Å². The number of nitriles is 2. The van der Waals surface area contributed by atoms with Crippen LogP contribution in [-0.4, -0.2) is 11.3 Å². The summed E-state index contributed by atoms with van der Waals surface area (Å²) in [4.78, 5) is 0. The fourth-order valence-electron chi connectivity index (χ4n) is 0.502. The molecule has 2 unspecified atom stereocenters. The minimum atomic E-state index is -2.02. The van der Waals surface area contributed by atoms with Crippen molar-refractivity contribution in [3.63, 3.8) is 0 Å². The van der Waals surface area contributed by atoms with Gasteiger partial charge in [0.25, 0.3) is 0 Å². The van der Waals surface area contributed by atoms with Gasteiger partial charge in [0.1, 0.15) is 7.80 Å². The van der Waals surface area contributed by atoms with Crippen molar-refractivity contribution >= 4 is 7.80 Å². The molecule has 0 rings (SSSR count). The van der Waals surface area contributed by atoms with Crippen molar-refractivity contribution in [2.24, 2.45) is 0 Å². The Morgan fingerprint density at radius 3 is 1.70 bits per heavy atom. The van der Waals surface area contributed by atoms with Crippen LogP contribution >= 0.6 is 7.80 Å². The van der Waals surface area contributed by atoms with E-state index in [9.17, 15) is 4.57 Å². The predicted octanol–water partition coefficient (Wildman–Crippen LogP) is 1.37. The summed E-state index contributed by atoms with van der Waals surface area (Å²) in [5.41, 5.74) is -0.945. The quantitative estimate of drug-likeness (QED) is 0.567. The van der Waals surface area contributed by atoms with E-state index in [4.69, 9.17) is 10.5 Å². The van der Waals surface area contributed by atoms with E-state index >= 15 is 0 Å². The zero-order valence-corrected chi connectivity index (χ0v) is 6.96. The smallest absolute Gasteiger partial charge is 0.108 e. The van der Waals surface area contributed by atoms with Crippen molar-refractivity contribution in [1.82, 2.24) is 0 Å². The molecule has 0 saturated heterocycles. The molecule has 0 fully saturated rings. The Hall–Kier alpha value is -0.790. The second-order valence-electron chi connectivity index (χ2n) is 2.10. The second kappa shape index (κ2) is 4.09. The third kappa shape index (κ3) is 2.21. The Balaban J connectivity index is 4.15. The number of rotatable bonds is 2. The van der Waals surface area contributed by atoms with Crippen molar-refractivity contribution in [1.29, 1.82) is 10.5 Å².